The fourth-order valence-electron chi connectivity index (χ4n) is 2.57. The molecule has 1 fully saturated rings. The zero-order valence-electron chi connectivity index (χ0n) is 12.2. The third-order valence-electron chi connectivity index (χ3n) is 3.69. The van der Waals surface area contributed by atoms with Crippen molar-refractivity contribution in [2.24, 2.45) is 0 Å². The van der Waals surface area contributed by atoms with E-state index in [9.17, 15) is 14.7 Å². The molecular weight excluding hydrogens is 274 g/mol. The first-order valence-corrected chi connectivity index (χ1v) is 6.84. The zero-order valence-corrected chi connectivity index (χ0v) is 12.2. The van der Waals surface area contributed by atoms with Crippen LogP contribution < -0.4 is 9.47 Å². The minimum absolute atomic E-state index is 0.324. The van der Waals surface area contributed by atoms with Crippen LogP contribution in [0.25, 0.3) is 0 Å². The van der Waals surface area contributed by atoms with E-state index in [0.29, 0.717) is 30.0 Å². The summed E-state index contributed by atoms with van der Waals surface area (Å²) in [4.78, 5) is 25.4. The molecule has 0 unspecified atom stereocenters. The lowest BCUT2D eigenvalue weighted by molar-refractivity contribution is -0.143. The molecule has 1 heterocycles. The van der Waals surface area contributed by atoms with Gasteiger partial charge in [0, 0.05) is 6.54 Å². The largest absolute Gasteiger partial charge is 0.497 e. The van der Waals surface area contributed by atoms with Gasteiger partial charge in [-0.2, -0.15) is 0 Å². The quantitative estimate of drug-likeness (QED) is 0.915. The monoisotopic (exact) mass is 293 g/mol. The van der Waals surface area contributed by atoms with Crippen LogP contribution in [0.5, 0.6) is 11.5 Å². The number of carboxylic acid groups (broad SMARTS) is 1. The van der Waals surface area contributed by atoms with E-state index in [2.05, 4.69) is 0 Å². The van der Waals surface area contributed by atoms with Crippen LogP contribution in [0.2, 0.25) is 0 Å². The van der Waals surface area contributed by atoms with Gasteiger partial charge in [0.1, 0.15) is 17.5 Å². The first-order chi connectivity index (χ1) is 10.1. The van der Waals surface area contributed by atoms with E-state index < -0.39 is 12.0 Å². The Hall–Kier alpha value is -2.24. The number of carboxylic acids is 1. The predicted octanol–water partition coefficient (Wildman–Crippen LogP) is 1.78. The lowest BCUT2D eigenvalue weighted by atomic mass is 10.0. The van der Waals surface area contributed by atoms with Gasteiger partial charge in [0.25, 0.3) is 5.91 Å². The van der Waals surface area contributed by atoms with Gasteiger partial charge in [-0.3, -0.25) is 4.79 Å². The van der Waals surface area contributed by atoms with E-state index in [0.717, 1.165) is 12.8 Å². The number of amides is 1. The van der Waals surface area contributed by atoms with Crippen molar-refractivity contribution < 1.29 is 24.2 Å². The number of nitrogens with zero attached hydrogens (tertiary/aromatic N) is 1. The molecule has 0 bridgehead atoms. The van der Waals surface area contributed by atoms with Gasteiger partial charge in [-0.1, -0.05) is 0 Å². The Labute approximate surface area is 123 Å². The van der Waals surface area contributed by atoms with Crippen molar-refractivity contribution in [3.05, 3.63) is 23.8 Å². The fourth-order valence-corrected chi connectivity index (χ4v) is 2.57. The number of piperidine rings is 1. The lowest BCUT2D eigenvalue weighted by Gasteiger charge is -2.33. The smallest absolute Gasteiger partial charge is 0.326 e. The number of aliphatic carboxylic acids is 1. The molecule has 1 aliphatic heterocycles. The number of ether oxygens (including phenoxy) is 2. The SMILES string of the molecule is COc1ccc(OC)c(C(=O)N2CCCC[C@H]2C(=O)O)c1. The number of hydrogen-bond donors (Lipinski definition) is 1. The molecule has 1 atom stereocenters. The fraction of sp³-hybridized carbons (Fsp3) is 0.467. The molecule has 0 saturated carbocycles. The first-order valence-electron chi connectivity index (χ1n) is 6.84. The number of methoxy groups -OCH3 is 2. The Bertz CT molecular complexity index is 543. The van der Waals surface area contributed by atoms with Crippen LogP contribution in [0, 0.1) is 0 Å². The second kappa shape index (κ2) is 6.47. The van der Waals surface area contributed by atoms with Crippen molar-refractivity contribution in [2.45, 2.75) is 25.3 Å². The second-order valence-corrected chi connectivity index (χ2v) is 4.91. The Morgan fingerprint density at radius 1 is 1.24 bits per heavy atom. The molecule has 0 spiro atoms. The zero-order chi connectivity index (χ0) is 15.4. The standard InChI is InChI=1S/C15H19NO5/c1-20-10-6-7-13(21-2)11(9-10)14(17)16-8-4-3-5-12(16)15(18)19/h6-7,9,12H,3-5,8H2,1-2H3,(H,18,19)/t12-/m0/s1. The van der Waals surface area contributed by atoms with Crippen LogP contribution in [0.3, 0.4) is 0 Å². The van der Waals surface area contributed by atoms with E-state index in [-0.39, 0.29) is 5.91 Å². The highest BCUT2D eigenvalue weighted by Crippen LogP contribution is 2.28. The molecule has 0 radical (unpaired) electrons. The normalized spacial score (nSPS) is 18.2. The average molecular weight is 293 g/mol. The van der Waals surface area contributed by atoms with E-state index in [1.165, 1.54) is 19.1 Å². The molecular formula is C15H19NO5. The van der Waals surface area contributed by atoms with Crippen LogP contribution in [0.4, 0.5) is 0 Å². The van der Waals surface area contributed by atoms with E-state index in [1.807, 2.05) is 0 Å². The van der Waals surface area contributed by atoms with Gasteiger partial charge < -0.3 is 19.5 Å². The van der Waals surface area contributed by atoms with Crippen molar-refractivity contribution in [3.8, 4) is 11.5 Å². The van der Waals surface area contributed by atoms with Crippen LogP contribution in [0.15, 0.2) is 18.2 Å². The van der Waals surface area contributed by atoms with Crippen molar-refractivity contribution in [2.75, 3.05) is 20.8 Å². The number of carbonyl (C=O) groups excluding carboxylic acids is 1. The minimum atomic E-state index is -0.968. The molecule has 1 amide bonds. The maximum atomic E-state index is 12.7. The number of rotatable bonds is 4. The number of likely N-dealkylation sites (tertiary alicyclic amines) is 1. The van der Waals surface area contributed by atoms with E-state index in [4.69, 9.17) is 9.47 Å². The van der Waals surface area contributed by atoms with Crippen molar-refractivity contribution in [3.63, 3.8) is 0 Å². The summed E-state index contributed by atoms with van der Waals surface area (Å²) in [5.41, 5.74) is 0.324. The molecule has 2 rings (SSSR count). The van der Waals surface area contributed by atoms with Gasteiger partial charge in [-0.15, -0.1) is 0 Å². The van der Waals surface area contributed by atoms with Gasteiger partial charge in [0.2, 0.25) is 0 Å². The van der Waals surface area contributed by atoms with Crippen LogP contribution in [0.1, 0.15) is 29.6 Å². The van der Waals surface area contributed by atoms with E-state index >= 15 is 0 Å². The molecule has 1 aromatic carbocycles. The molecule has 1 saturated heterocycles. The van der Waals surface area contributed by atoms with Crippen LogP contribution in [-0.2, 0) is 4.79 Å². The summed E-state index contributed by atoms with van der Waals surface area (Å²) in [6.07, 6.45) is 2.10. The Morgan fingerprint density at radius 2 is 2.00 bits per heavy atom. The Kier molecular flexibility index (Phi) is 4.67. The highest BCUT2D eigenvalue weighted by atomic mass is 16.5. The average Bonchev–Trinajstić information content (AvgIpc) is 2.53. The summed E-state index contributed by atoms with van der Waals surface area (Å²) < 4.78 is 10.3. The van der Waals surface area contributed by atoms with Gasteiger partial charge >= 0.3 is 5.97 Å². The number of carbonyl (C=O) groups is 2. The molecule has 0 aromatic heterocycles. The first kappa shape index (κ1) is 15.2. The van der Waals surface area contributed by atoms with E-state index in [1.54, 1.807) is 18.2 Å². The van der Waals surface area contributed by atoms with Crippen LogP contribution in [-0.4, -0.2) is 48.7 Å². The van der Waals surface area contributed by atoms with Crippen molar-refractivity contribution in [1.82, 2.24) is 4.90 Å². The van der Waals surface area contributed by atoms with Gasteiger partial charge in [-0.25, -0.2) is 4.79 Å². The van der Waals surface area contributed by atoms with Crippen LogP contribution >= 0.6 is 0 Å². The summed E-state index contributed by atoms with van der Waals surface area (Å²) in [6, 6.07) is 4.14. The maximum absolute atomic E-state index is 12.7. The number of benzene rings is 1. The molecule has 0 aliphatic carbocycles. The topological polar surface area (TPSA) is 76.1 Å². The maximum Gasteiger partial charge on any atom is 0.326 e. The summed E-state index contributed by atoms with van der Waals surface area (Å²) in [6.45, 7) is 0.441. The molecule has 6 heteroatoms. The minimum Gasteiger partial charge on any atom is -0.497 e. The highest BCUT2D eigenvalue weighted by Gasteiger charge is 2.33. The molecule has 1 N–H and O–H groups in total. The van der Waals surface area contributed by atoms with Crippen molar-refractivity contribution in [1.29, 1.82) is 0 Å². The predicted molar refractivity (Wildman–Crippen MR) is 75.9 cm³/mol. The summed E-state index contributed by atoms with van der Waals surface area (Å²) in [7, 11) is 2.99. The molecule has 6 nitrogen and oxygen atoms in total. The Balaban J connectivity index is 2.35. The van der Waals surface area contributed by atoms with Crippen molar-refractivity contribution >= 4 is 11.9 Å². The molecule has 114 valence electrons. The number of hydrogen-bond acceptors (Lipinski definition) is 4. The molecule has 1 aromatic rings. The Morgan fingerprint density at radius 3 is 2.62 bits per heavy atom. The summed E-state index contributed by atoms with van der Waals surface area (Å²) in [5, 5.41) is 9.28. The molecule has 1 aliphatic rings. The van der Waals surface area contributed by atoms with Gasteiger partial charge in [0.05, 0.1) is 19.8 Å². The highest BCUT2D eigenvalue weighted by molar-refractivity contribution is 5.99. The van der Waals surface area contributed by atoms with Gasteiger partial charge in [-0.05, 0) is 37.5 Å². The third-order valence-corrected chi connectivity index (χ3v) is 3.69. The second-order valence-electron chi connectivity index (χ2n) is 4.91. The third kappa shape index (κ3) is 3.09. The lowest BCUT2D eigenvalue weighted by Crippen LogP contribution is -2.48. The molecule has 21 heavy (non-hydrogen) atoms. The summed E-state index contributed by atoms with van der Waals surface area (Å²) in [5.74, 6) is -0.360. The van der Waals surface area contributed by atoms with Gasteiger partial charge in [0.15, 0.2) is 0 Å². The summed E-state index contributed by atoms with van der Waals surface area (Å²) >= 11 is 0.